The molecule has 1 heterocycles. The Kier molecular flexibility index (Phi) is 5.70. The Morgan fingerprint density at radius 1 is 0.968 bits per heavy atom. The number of benzene rings is 3. The van der Waals surface area contributed by atoms with E-state index in [1.54, 1.807) is 7.11 Å². The van der Waals surface area contributed by atoms with Crippen molar-refractivity contribution in [2.24, 2.45) is 0 Å². The standard InChI is InChI=1S/C28H33NO2/c1-16(2)21-12-13-22(23(15-21)30-6)26-24(14-20-10-8-7-9-11-20)31-28-18(4)17(3)27(29)19(5)25(26)28/h7-13,15-16,24,26H,14,29H2,1-6H3. The van der Waals surface area contributed by atoms with E-state index in [2.05, 4.69) is 83.1 Å². The summed E-state index contributed by atoms with van der Waals surface area (Å²) >= 11 is 0. The average molecular weight is 416 g/mol. The SMILES string of the molecule is COc1cc(C(C)C)ccc1C1c2c(C)c(N)c(C)c(C)c2OC1Cc1ccccc1. The van der Waals surface area contributed by atoms with Gasteiger partial charge >= 0.3 is 0 Å². The first kappa shape index (κ1) is 21.3. The third-order valence-corrected chi connectivity index (χ3v) is 6.85. The molecular weight excluding hydrogens is 382 g/mol. The van der Waals surface area contributed by atoms with Crippen LogP contribution in [0.1, 0.15) is 64.6 Å². The molecule has 162 valence electrons. The molecule has 0 spiro atoms. The van der Waals surface area contributed by atoms with Crippen LogP contribution in [0.3, 0.4) is 0 Å². The molecule has 2 unspecified atom stereocenters. The van der Waals surface area contributed by atoms with Gasteiger partial charge in [0.1, 0.15) is 17.6 Å². The largest absolute Gasteiger partial charge is 0.496 e. The van der Waals surface area contributed by atoms with Crippen molar-refractivity contribution in [3.05, 3.63) is 87.5 Å². The lowest BCUT2D eigenvalue weighted by Gasteiger charge is -2.24. The third kappa shape index (κ3) is 3.67. The highest BCUT2D eigenvalue weighted by Gasteiger charge is 2.40. The van der Waals surface area contributed by atoms with Crippen molar-refractivity contribution in [2.75, 3.05) is 12.8 Å². The summed E-state index contributed by atoms with van der Waals surface area (Å²) in [4.78, 5) is 0. The summed E-state index contributed by atoms with van der Waals surface area (Å²) in [6.07, 6.45) is 0.808. The highest BCUT2D eigenvalue weighted by atomic mass is 16.5. The summed E-state index contributed by atoms with van der Waals surface area (Å²) in [6, 6.07) is 17.2. The van der Waals surface area contributed by atoms with Crippen molar-refractivity contribution in [3.63, 3.8) is 0 Å². The minimum absolute atomic E-state index is 0.0187. The Balaban J connectivity index is 1.90. The van der Waals surface area contributed by atoms with Crippen LogP contribution >= 0.6 is 0 Å². The Hall–Kier alpha value is -2.94. The minimum Gasteiger partial charge on any atom is -0.496 e. The second kappa shape index (κ2) is 8.30. The van der Waals surface area contributed by atoms with Crippen LogP contribution in [0.4, 0.5) is 5.69 Å². The highest BCUT2D eigenvalue weighted by molar-refractivity contribution is 5.69. The molecule has 0 bridgehead atoms. The Morgan fingerprint density at radius 2 is 1.68 bits per heavy atom. The van der Waals surface area contributed by atoms with Crippen molar-refractivity contribution in [3.8, 4) is 11.5 Å². The molecular formula is C28H33NO2. The van der Waals surface area contributed by atoms with Gasteiger partial charge in [0.2, 0.25) is 0 Å². The normalized spacial score (nSPS) is 17.5. The molecule has 31 heavy (non-hydrogen) atoms. The molecule has 1 aliphatic heterocycles. The van der Waals surface area contributed by atoms with Gasteiger partial charge in [-0.15, -0.1) is 0 Å². The zero-order valence-electron chi connectivity index (χ0n) is 19.5. The molecule has 0 aliphatic carbocycles. The molecule has 0 radical (unpaired) electrons. The Bertz CT molecular complexity index is 1100. The van der Waals surface area contributed by atoms with Gasteiger partial charge in [0.05, 0.1) is 13.0 Å². The molecule has 3 aromatic rings. The van der Waals surface area contributed by atoms with Crippen molar-refractivity contribution < 1.29 is 9.47 Å². The molecule has 0 saturated carbocycles. The molecule has 0 amide bonds. The summed E-state index contributed by atoms with van der Waals surface area (Å²) in [5.41, 5.74) is 15.7. The number of hydrogen-bond acceptors (Lipinski definition) is 3. The third-order valence-electron chi connectivity index (χ3n) is 6.85. The predicted octanol–water partition coefficient (Wildman–Crippen LogP) is 6.46. The number of methoxy groups -OCH3 is 1. The van der Waals surface area contributed by atoms with Crippen LogP contribution in [-0.2, 0) is 6.42 Å². The fourth-order valence-electron chi connectivity index (χ4n) is 4.81. The molecule has 4 rings (SSSR count). The summed E-state index contributed by atoms with van der Waals surface area (Å²) in [5, 5.41) is 0. The lowest BCUT2D eigenvalue weighted by atomic mass is 9.81. The summed E-state index contributed by atoms with van der Waals surface area (Å²) < 4.78 is 12.6. The zero-order valence-corrected chi connectivity index (χ0v) is 19.5. The van der Waals surface area contributed by atoms with Gasteiger partial charge in [-0.05, 0) is 60.6 Å². The van der Waals surface area contributed by atoms with Crippen molar-refractivity contribution in [1.29, 1.82) is 0 Å². The van der Waals surface area contributed by atoms with E-state index < -0.39 is 0 Å². The average Bonchev–Trinajstić information content (AvgIpc) is 3.15. The van der Waals surface area contributed by atoms with Gasteiger partial charge in [0.15, 0.2) is 0 Å². The van der Waals surface area contributed by atoms with E-state index in [1.807, 2.05) is 0 Å². The van der Waals surface area contributed by atoms with E-state index in [0.717, 1.165) is 45.9 Å². The topological polar surface area (TPSA) is 44.5 Å². The van der Waals surface area contributed by atoms with Gasteiger partial charge in [-0.25, -0.2) is 0 Å². The van der Waals surface area contributed by atoms with Gasteiger partial charge in [-0.1, -0.05) is 56.3 Å². The van der Waals surface area contributed by atoms with E-state index in [4.69, 9.17) is 15.2 Å². The predicted molar refractivity (Wildman–Crippen MR) is 129 cm³/mol. The first-order valence-electron chi connectivity index (χ1n) is 11.1. The van der Waals surface area contributed by atoms with E-state index in [1.165, 1.54) is 16.7 Å². The van der Waals surface area contributed by atoms with Crippen LogP contribution in [0.5, 0.6) is 11.5 Å². The number of nitrogen functional groups attached to an aromatic ring is 1. The second-order valence-corrected chi connectivity index (χ2v) is 9.01. The fraction of sp³-hybridized carbons (Fsp3) is 0.357. The second-order valence-electron chi connectivity index (χ2n) is 9.01. The van der Waals surface area contributed by atoms with E-state index in [0.29, 0.717) is 5.92 Å². The highest BCUT2D eigenvalue weighted by Crippen LogP contribution is 2.51. The van der Waals surface area contributed by atoms with E-state index >= 15 is 0 Å². The monoisotopic (exact) mass is 415 g/mol. The summed E-state index contributed by atoms with van der Waals surface area (Å²) in [7, 11) is 1.76. The van der Waals surface area contributed by atoms with Gasteiger partial charge < -0.3 is 15.2 Å². The summed E-state index contributed by atoms with van der Waals surface area (Å²) in [6.45, 7) is 10.7. The van der Waals surface area contributed by atoms with Crippen LogP contribution in [0, 0.1) is 20.8 Å². The zero-order chi connectivity index (χ0) is 22.3. The number of fused-ring (bicyclic) bond motifs is 1. The Morgan fingerprint density at radius 3 is 2.32 bits per heavy atom. The Labute approximate surface area is 186 Å². The first-order chi connectivity index (χ1) is 14.8. The fourth-order valence-corrected chi connectivity index (χ4v) is 4.81. The van der Waals surface area contributed by atoms with Crippen LogP contribution in [-0.4, -0.2) is 13.2 Å². The van der Waals surface area contributed by atoms with Crippen molar-refractivity contribution >= 4 is 5.69 Å². The number of ether oxygens (including phenoxy) is 2. The molecule has 0 fully saturated rings. The van der Waals surface area contributed by atoms with Gasteiger partial charge in [-0.2, -0.15) is 0 Å². The number of rotatable bonds is 5. The van der Waals surface area contributed by atoms with Crippen LogP contribution < -0.4 is 15.2 Å². The van der Waals surface area contributed by atoms with E-state index in [-0.39, 0.29) is 12.0 Å². The van der Waals surface area contributed by atoms with Crippen LogP contribution in [0.2, 0.25) is 0 Å². The van der Waals surface area contributed by atoms with Crippen molar-refractivity contribution in [2.45, 2.75) is 59.0 Å². The van der Waals surface area contributed by atoms with E-state index in [9.17, 15) is 0 Å². The molecule has 3 nitrogen and oxygen atoms in total. The van der Waals surface area contributed by atoms with Crippen molar-refractivity contribution in [1.82, 2.24) is 0 Å². The molecule has 2 atom stereocenters. The molecule has 0 aromatic heterocycles. The maximum absolute atomic E-state index is 6.69. The quantitative estimate of drug-likeness (QED) is 0.486. The van der Waals surface area contributed by atoms with Gasteiger partial charge in [-0.3, -0.25) is 0 Å². The first-order valence-corrected chi connectivity index (χ1v) is 11.1. The molecule has 2 N–H and O–H groups in total. The lowest BCUT2D eigenvalue weighted by Crippen LogP contribution is -2.23. The number of anilines is 1. The van der Waals surface area contributed by atoms with Crippen LogP contribution in [0.25, 0.3) is 0 Å². The maximum atomic E-state index is 6.69. The minimum atomic E-state index is -0.0187. The molecule has 3 heteroatoms. The number of nitrogens with two attached hydrogens (primary N) is 1. The van der Waals surface area contributed by atoms with Crippen LogP contribution in [0.15, 0.2) is 48.5 Å². The lowest BCUT2D eigenvalue weighted by molar-refractivity contribution is 0.214. The maximum Gasteiger partial charge on any atom is 0.127 e. The number of hydrogen-bond donors (Lipinski definition) is 1. The van der Waals surface area contributed by atoms with Gasteiger partial charge in [0.25, 0.3) is 0 Å². The molecule has 3 aromatic carbocycles. The molecule has 1 aliphatic rings. The van der Waals surface area contributed by atoms with Gasteiger partial charge in [0, 0.05) is 23.2 Å². The smallest absolute Gasteiger partial charge is 0.127 e. The molecule has 0 saturated heterocycles. The summed E-state index contributed by atoms with van der Waals surface area (Å²) in [5.74, 6) is 2.41.